The van der Waals surface area contributed by atoms with Crippen molar-refractivity contribution in [3.05, 3.63) is 81.2 Å². The molecule has 2 aliphatic heterocycles. The molecule has 4 heterocycles. The highest BCUT2D eigenvalue weighted by molar-refractivity contribution is 7.14. The third kappa shape index (κ3) is 4.38. The van der Waals surface area contributed by atoms with Crippen molar-refractivity contribution in [1.82, 2.24) is 15.2 Å². The molecule has 1 aromatic carbocycles. The lowest BCUT2D eigenvalue weighted by atomic mass is 9.80. The summed E-state index contributed by atoms with van der Waals surface area (Å²) in [6.45, 7) is 0.238. The molecule has 39 heavy (non-hydrogen) atoms. The van der Waals surface area contributed by atoms with Gasteiger partial charge >= 0.3 is 6.18 Å². The number of anilines is 1. The molecule has 2 N–H and O–H groups in total. The van der Waals surface area contributed by atoms with E-state index in [1.165, 1.54) is 11.3 Å². The van der Waals surface area contributed by atoms with Crippen LogP contribution in [0.15, 0.2) is 54.7 Å². The minimum Gasteiger partial charge on any atom is -0.340 e. The Kier molecular flexibility index (Phi) is 6.01. The normalized spacial score (nSPS) is 25.9. The zero-order valence-electron chi connectivity index (χ0n) is 20.9. The number of alkyl halides is 3. The number of aromatic nitrogens is 1. The highest BCUT2D eigenvalue weighted by atomic mass is 32.1. The Morgan fingerprint density at radius 3 is 2.67 bits per heavy atom. The summed E-state index contributed by atoms with van der Waals surface area (Å²) in [5.41, 5.74) is 1.77. The molecule has 0 saturated carbocycles. The minimum atomic E-state index is -4.57. The zero-order valence-corrected chi connectivity index (χ0v) is 21.7. The summed E-state index contributed by atoms with van der Waals surface area (Å²) in [5.74, 6) is -1.19. The lowest BCUT2D eigenvalue weighted by molar-refractivity contribution is -0.170. The molecule has 0 bridgehead atoms. The highest BCUT2D eigenvalue weighted by Crippen LogP contribution is 2.48. The van der Waals surface area contributed by atoms with Gasteiger partial charge in [0.2, 0.25) is 11.8 Å². The SMILES string of the molecule is C[C@H]1[C@@H](c2ccccc2)C[C@@H](NC(=O)c2cc3c(s2)C[C@]2(C3)C(=O)Nc3ncccc32)C(=O)N1CC(F)(F)F. The number of carbonyl (C=O) groups excluding carboxylic acids is 3. The summed E-state index contributed by atoms with van der Waals surface area (Å²) in [4.78, 5) is 45.7. The first-order valence-electron chi connectivity index (χ1n) is 12.7. The Balaban J connectivity index is 1.22. The molecular weight excluding hydrogens is 529 g/mol. The molecule has 11 heteroatoms. The predicted molar refractivity (Wildman–Crippen MR) is 139 cm³/mol. The largest absolute Gasteiger partial charge is 0.406 e. The number of pyridine rings is 1. The van der Waals surface area contributed by atoms with Crippen LogP contribution in [0.25, 0.3) is 0 Å². The molecule has 3 aliphatic rings. The number of carbonyl (C=O) groups is 3. The second-order valence-electron chi connectivity index (χ2n) is 10.4. The third-order valence-electron chi connectivity index (χ3n) is 8.09. The van der Waals surface area contributed by atoms with Crippen molar-refractivity contribution in [2.24, 2.45) is 0 Å². The van der Waals surface area contributed by atoms with E-state index >= 15 is 0 Å². The first-order valence-corrected chi connectivity index (χ1v) is 13.5. The first-order chi connectivity index (χ1) is 18.6. The van der Waals surface area contributed by atoms with E-state index in [9.17, 15) is 27.6 Å². The van der Waals surface area contributed by atoms with Gasteiger partial charge in [-0.2, -0.15) is 13.2 Å². The fourth-order valence-corrected chi connectivity index (χ4v) is 7.38. The van der Waals surface area contributed by atoms with Crippen LogP contribution in [0.3, 0.4) is 0 Å². The molecule has 6 rings (SSSR count). The van der Waals surface area contributed by atoms with Crippen molar-refractivity contribution in [3.8, 4) is 0 Å². The van der Waals surface area contributed by atoms with Gasteiger partial charge in [0, 0.05) is 35.0 Å². The monoisotopic (exact) mass is 554 g/mol. The lowest BCUT2D eigenvalue weighted by Crippen LogP contribution is -2.59. The van der Waals surface area contributed by atoms with Gasteiger partial charge in [-0.15, -0.1) is 11.3 Å². The number of likely N-dealkylation sites (tertiary alicyclic amines) is 1. The molecule has 202 valence electrons. The number of halogens is 3. The van der Waals surface area contributed by atoms with E-state index in [0.29, 0.717) is 23.5 Å². The molecule has 1 aliphatic carbocycles. The topological polar surface area (TPSA) is 91.4 Å². The summed E-state index contributed by atoms with van der Waals surface area (Å²) >= 11 is 1.25. The maximum absolute atomic E-state index is 13.4. The van der Waals surface area contributed by atoms with E-state index < -0.39 is 42.0 Å². The minimum absolute atomic E-state index is 0.121. The number of nitrogens with zero attached hydrogens (tertiary/aromatic N) is 2. The predicted octanol–water partition coefficient (Wildman–Crippen LogP) is 4.20. The van der Waals surface area contributed by atoms with Crippen molar-refractivity contribution < 1.29 is 27.6 Å². The van der Waals surface area contributed by atoms with Gasteiger partial charge in [-0.05, 0) is 43.0 Å². The average molecular weight is 555 g/mol. The maximum atomic E-state index is 13.4. The van der Waals surface area contributed by atoms with Crippen LogP contribution in [0, 0.1) is 0 Å². The third-order valence-corrected chi connectivity index (χ3v) is 9.27. The number of nitrogens with one attached hydrogen (secondary N) is 2. The Hall–Kier alpha value is -3.73. The van der Waals surface area contributed by atoms with Gasteiger partial charge in [-0.1, -0.05) is 36.4 Å². The van der Waals surface area contributed by atoms with Crippen LogP contribution in [0.4, 0.5) is 19.0 Å². The molecule has 1 saturated heterocycles. The second kappa shape index (κ2) is 9.18. The van der Waals surface area contributed by atoms with Crippen molar-refractivity contribution >= 4 is 34.9 Å². The van der Waals surface area contributed by atoms with Gasteiger partial charge in [0.25, 0.3) is 5.91 Å². The quantitative estimate of drug-likeness (QED) is 0.506. The van der Waals surface area contributed by atoms with E-state index in [-0.39, 0.29) is 18.2 Å². The Labute approximate surface area is 226 Å². The van der Waals surface area contributed by atoms with Crippen molar-refractivity contribution in [1.29, 1.82) is 0 Å². The van der Waals surface area contributed by atoms with E-state index in [4.69, 9.17) is 0 Å². The first kappa shape index (κ1) is 25.5. The van der Waals surface area contributed by atoms with Gasteiger partial charge in [0.05, 0.1) is 10.3 Å². The summed E-state index contributed by atoms with van der Waals surface area (Å²) in [5, 5.41) is 5.56. The number of hydrogen-bond donors (Lipinski definition) is 2. The van der Waals surface area contributed by atoms with E-state index in [1.54, 1.807) is 37.4 Å². The number of rotatable bonds is 4. The van der Waals surface area contributed by atoms with Crippen molar-refractivity contribution in [3.63, 3.8) is 0 Å². The van der Waals surface area contributed by atoms with Gasteiger partial charge in [-0.3, -0.25) is 14.4 Å². The molecule has 4 atom stereocenters. The Morgan fingerprint density at radius 2 is 1.95 bits per heavy atom. The summed E-state index contributed by atoms with van der Waals surface area (Å²) in [6, 6.07) is 12.7. The fourth-order valence-electron chi connectivity index (χ4n) is 6.18. The van der Waals surface area contributed by atoms with Crippen LogP contribution in [0.1, 0.15) is 50.5 Å². The molecule has 0 unspecified atom stereocenters. The highest BCUT2D eigenvalue weighted by Gasteiger charge is 2.52. The molecule has 2 aromatic heterocycles. The van der Waals surface area contributed by atoms with Crippen LogP contribution >= 0.6 is 11.3 Å². The number of piperidine rings is 1. The van der Waals surface area contributed by atoms with Crippen LogP contribution in [0.2, 0.25) is 0 Å². The number of benzene rings is 1. The Morgan fingerprint density at radius 1 is 1.18 bits per heavy atom. The molecule has 3 amide bonds. The lowest BCUT2D eigenvalue weighted by Gasteiger charge is -2.43. The molecule has 3 aromatic rings. The van der Waals surface area contributed by atoms with Crippen LogP contribution < -0.4 is 10.6 Å². The van der Waals surface area contributed by atoms with Gasteiger partial charge in [0.1, 0.15) is 18.4 Å². The Bertz CT molecular complexity index is 1450. The van der Waals surface area contributed by atoms with E-state index in [2.05, 4.69) is 15.6 Å². The summed E-state index contributed by atoms with van der Waals surface area (Å²) in [6.07, 6.45) is -1.90. The number of hydrogen-bond acceptors (Lipinski definition) is 5. The second-order valence-corrected chi connectivity index (χ2v) is 11.6. The van der Waals surface area contributed by atoms with Crippen molar-refractivity contribution in [2.75, 3.05) is 11.9 Å². The summed E-state index contributed by atoms with van der Waals surface area (Å²) < 4.78 is 40.2. The summed E-state index contributed by atoms with van der Waals surface area (Å²) in [7, 11) is 0. The molecule has 1 fully saturated rings. The van der Waals surface area contributed by atoms with E-state index in [1.807, 2.05) is 24.3 Å². The van der Waals surface area contributed by atoms with Crippen LogP contribution in [-0.2, 0) is 27.8 Å². The fraction of sp³-hybridized carbons (Fsp3) is 0.357. The molecule has 7 nitrogen and oxygen atoms in total. The van der Waals surface area contributed by atoms with Crippen molar-refractivity contribution in [2.45, 2.75) is 55.8 Å². The van der Waals surface area contributed by atoms with Gasteiger partial charge < -0.3 is 15.5 Å². The molecule has 1 spiro atoms. The maximum Gasteiger partial charge on any atom is 0.406 e. The molecule has 0 radical (unpaired) electrons. The van der Waals surface area contributed by atoms with E-state index in [0.717, 1.165) is 26.5 Å². The van der Waals surface area contributed by atoms with Crippen LogP contribution in [0.5, 0.6) is 0 Å². The number of amides is 3. The average Bonchev–Trinajstić information content (AvgIpc) is 3.54. The number of fused-ring (bicyclic) bond motifs is 3. The molecular formula is C28H25F3N4O3S. The number of thiophene rings is 1. The van der Waals surface area contributed by atoms with Gasteiger partial charge in [0.15, 0.2) is 0 Å². The van der Waals surface area contributed by atoms with Crippen LogP contribution in [-0.4, -0.2) is 52.4 Å². The smallest absolute Gasteiger partial charge is 0.340 e. The standard InChI is InChI=1S/C28H25F3N4O3S/c1-15-18(16-6-3-2-4-7-16)11-20(25(37)35(15)14-28(29,30)31)33-24(36)21-10-17-12-27(13-22(17)39-21)19-8-5-9-32-23(19)34-26(27)38/h2-10,15,18,20H,11-14H2,1H3,(H,33,36)(H,32,34,38)/t15-,18-,20+,27-/m0/s1. The van der Waals surface area contributed by atoms with Gasteiger partial charge in [-0.25, -0.2) is 4.98 Å². The zero-order chi connectivity index (χ0) is 27.5.